The number of halogens is 1. The third-order valence-electron chi connectivity index (χ3n) is 5.86. The quantitative estimate of drug-likeness (QED) is 0.530. The Labute approximate surface area is 184 Å². The lowest BCUT2D eigenvalue weighted by Crippen LogP contribution is -2.38. The third kappa shape index (κ3) is 3.90. The number of nitrogens with one attached hydrogen (secondary N) is 1. The van der Waals surface area contributed by atoms with Crippen LogP contribution in [0.4, 0.5) is 0 Å². The fraction of sp³-hybridized carbons (Fsp3) is 0.318. The molecule has 3 unspecified atom stereocenters. The molecule has 1 aliphatic rings. The van der Waals surface area contributed by atoms with E-state index in [1.807, 2.05) is 36.4 Å². The van der Waals surface area contributed by atoms with Crippen LogP contribution in [-0.2, 0) is 0 Å². The molecule has 0 fully saturated rings. The maximum absolute atomic E-state index is 11.7. The molecule has 3 atom stereocenters. The zero-order valence-corrected chi connectivity index (χ0v) is 18.0. The van der Waals surface area contributed by atoms with Crippen LogP contribution in [0.2, 0.25) is 0 Å². The molecule has 0 saturated heterocycles. The number of aromatic carboxylic acids is 1. The molecule has 0 amide bonds. The van der Waals surface area contributed by atoms with Crippen molar-refractivity contribution in [3.63, 3.8) is 0 Å². The van der Waals surface area contributed by atoms with Gasteiger partial charge in [-0.1, -0.05) is 62.8 Å². The number of imidazole rings is 1. The number of rotatable bonds is 7. The van der Waals surface area contributed by atoms with Gasteiger partial charge in [-0.05, 0) is 28.7 Å². The van der Waals surface area contributed by atoms with E-state index >= 15 is 0 Å². The number of carboxylic acids is 1. The summed E-state index contributed by atoms with van der Waals surface area (Å²) in [6.07, 6.45) is 10.4. The van der Waals surface area contributed by atoms with Gasteiger partial charge in [-0.3, -0.25) is 0 Å². The van der Waals surface area contributed by atoms with Crippen molar-refractivity contribution in [1.29, 1.82) is 0 Å². The summed E-state index contributed by atoms with van der Waals surface area (Å²) >= 11 is 7.16. The maximum atomic E-state index is 11.7. The molecule has 2 aromatic heterocycles. The molecule has 0 saturated carbocycles. The number of aromatic nitrogens is 6. The fourth-order valence-electron chi connectivity index (χ4n) is 4.15. The van der Waals surface area contributed by atoms with E-state index in [1.165, 1.54) is 6.20 Å². The number of H-pyrrole nitrogens is 1. The van der Waals surface area contributed by atoms with Gasteiger partial charge in [0.05, 0.1) is 23.4 Å². The van der Waals surface area contributed by atoms with Crippen LogP contribution in [0.15, 0.2) is 55.0 Å². The number of carboxylic acid groups (broad SMARTS) is 1. The van der Waals surface area contributed by atoms with Crippen molar-refractivity contribution < 1.29 is 9.90 Å². The van der Waals surface area contributed by atoms with Crippen molar-refractivity contribution in [1.82, 2.24) is 30.2 Å². The number of nitrogens with zero attached hydrogens (tertiary/aromatic N) is 5. The van der Waals surface area contributed by atoms with Gasteiger partial charge in [0, 0.05) is 5.56 Å². The molecule has 2 N–H and O–H groups in total. The van der Waals surface area contributed by atoms with Crippen molar-refractivity contribution in [3.8, 4) is 11.4 Å². The molecule has 31 heavy (non-hydrogen) atoms. The van der Waals surface area contributed by atoms with Crippen LogP contribution in [0.25, 0.3) is 17.0 Å². The van der Waals surface area contributed by atoms with Gasteiger partial charge >= 0.3 is 5.97 Å². The molecular weight excluding hydrogens is 416 g/mol. The summed E-state index contributed by atoms with van der Waals surface area (Å²) < 4.78 is 1.69. The first-order chi connectivity index (χ1) is 14.9. The highest BCUT2D eigenvalue weighted by atomic mass is 35.5. The van der Waals surface area contributed by atoms with E-state index in [4.69, 9.17) is 11.6 Å². The number of hydrogen-bond donors (Lipinski definition) is 2. The van der Waals surface area contributed by atoms with Crippen LogP contribution < -0.4 is 0 Å². The minimum atomic E-state index is -1.02. The summed E-state index contributed by atoms with van der Waals surface area (Å²) in [6, 6.07) is 7.58. The van der Waals surface area contributed by atoms with Gasteiger partial charge < -0.3 is 9.67 Å². The molecule has 0 bridgehead atoms. The Kier molecular flexibility index (Phi) is 5.73. The summed E-state index contributed by atoms with van der Waals surface area (Å²) in [5.74, 6) is -0.359. The Morgan fingerprint density at radius 3 is 2.74 bits per heavy atom. The largest absolute Gasteiger partial charge is 0.477 e. The van der Waals surface area contributed by atoms with Crippen molar-refractivity contribution >= 4 is 23.1 Å². The summed E-state index contributed by atoms with van der Waals surface area (Å²) in [4.78, 5) is 15.0. The maximum Gasteiger partial charge on any atom is 0.354 e. The van der Waals surface area contributed by atoms with Crippen molar-refractivity contribution in [2.75, 3.05) is 0 Å². The third-order valence-corrected chi connectivity index (χ3v) is 6.36. The van der Waals surface area contributed by atoms with E-state index in [0.717, 1.165) is 23.1 Å². The van der Waals surface area contributed by atoms with Crippen LogP contribution in [-0.4, -0.2) is 46.1 Å². The number of allylic oxidation sites excluding steroid dienone is 4. The number of carbonyl (C=O) groups is 1. The Morgan fingerprint density at radius 1 is 1.35 bits per heavy atom. The SMILES string of the molecule is CCC(C)C(n1cncc1C(=O)O)C1(Cl)C=CC(c2ccccc2-c2nn[nH]n2)=CC1. The fourth-order valence-corrected chi connectivity index (χ4v) is 4.61. The number of tetrazole rings is 1. The van der Waals surface area contributed by atoms with Gasteiger partial charge in [0.1, 0.15) is 5.69 Å². The van der Waals surface area contributed by atoms with Crippen molar-refractivity contribution in [3.05, 3.63) is 66.3 Å². The first-order valence-corrected chi connectivity index (χ1v) is 10.5. The van der Waals surface area contributed by atoms with Crippen LogP contribution >= 0.6 is 11.6 Å². The van der Waals surface area contributed by atoms with E-state index in [0.29, 0.717) is 12.2 Å². The van der Waals surface area contributed by atoms with Crippen LogP contribution in [0.3, 0.4) is 0 Å². The number of hydrogen-bond acceptors (Lipinski definition) is 5. The predicted molar refractivity (Wildman–Crippen MR) is 118 cm³/mol. The Balaban J connectivity index is 1.70. The average Bonchev–Trinajstić information content (AvgIpc) is 3.47. The molecule has 9 heteroatoms. The topological polar surface area (TPSA) is 110 Å². The molecule has 8 nitrogen and oxygen atoms in total. The second-order valence-corrected chi connectivity index (χ2v) is 8.43. The van der Waals surface area contributed by atoms with E-state index in [1.54, 1.807) is 10.9 Å². The second kappa shape index (κ2) is 8.47. The number of benzene rings is 1. The molecule has 1 aliphatic carbocycles. The lowest BCUT2D eigenvalue weighted by Gasteiger charge is -2.39. The summed E-state index contributed by atoms with van der Waals surface area (Å²) in [7, 11) is 0. The van der Waals surface area contributed by atoms with Gasteiger partial charge in [-0.15, -0.1) is 21.8 Å². The Hall–Kier alpha value is -3.26. The van der Waals surface area contributed by atoms with Gasteiger partial charge in [0.25, 0.3) is 0 Å². The number of alkyl halides is 1. The minimum Gasteiger partial charge on any atom is -0.477 e. The predicted octanol–water partition coefficient (Wildman–Crippen LogP) is 4.37. The molecule has 0 aliphatic heterocycles. The molecule has 0 spiro atoms. The molecule has 160 valence electrons. The molecule has 1 aromatic carbocycles. The van der Waals surface area contributed by atoms with E-state index < -0.39 is 10.8 Å². The number of aromatic amines is 1. The van der Waals surface area contributed by atoms with E-state index in [-0.39, 0.29) is 17.7 Å². The smallest absolute Gasteiger partial charge is 0.354 e. The highest BCUT2D eigenvalue weighted by Gasteiger charge is 2.41. The Bertz CT molecular complexity index is 1140. The van der Waals surface area contributed by atoms with Gasteiger partial charge in [-0.25, -0.2) is 9.78 Å². The van der Waals surface area contributed by atoms with Crippen LogP contribution in [0, 0.1) is 5.92 Å². The zero-order chi connectivity index (χ0) is 22.0. The highest BCUT2D eigenvalue weighted by molar-refractivity contribution is 6.26. The summed E-state index contributed by atoms with van der Waals surface area (Å²) in [5.41, 5.74) is 2.99. The summed E-state index contributed by atoms with van der Waals surface area (Å²) in [6.45, 7) is 4.16. The normalized spacial score (nSPS) is 20.3. The molecule has 2 heterocycles. The first-order valence-electron chi connectivity index (χ1n) is 10.1. The highest BCUT2D eigenvalue weighted by Crippen LogP contribution is 2.45. The lowest BCUT2D eigenvalue weighted by molar-refractivity contribution is 0.0678. The Morgan fingerprint density at radius 2 is 2.13 bits per heavy atom. The van der Waals surface area contributed by atoms with Crippen molar-refractivity contribution in [2.24, 2.45) is 5.92 Å². The summed E-state index contributed by atoms with van der Waals surface area (Å²) in [5, 5.41) is 24.0. The van der Waals surface area contributed by atoms with Gasteiger partial charge in [-0.2, -0.15) is 5.21 Å². The molecule has 4 rings (SSSR count). The van der Waals surface area contributed by atoms with E-state index in [9.17, 15) is 9.90 Å². The second-order valence-electron chi connectivity index (χ2n) is 7.73. The lowest BCUT2D eigenvalue weighted by atomic mass is 9.80. The standard InChI is InChI=1S/C22H23ClN6O2/c1-3-14(2)19(29-13-24-12-18(29)21(30)31)22(23)10-8-15(9-11-22)16-6-4-5-7-17(16)20-25-27-28-26-20/h4-10,12-14,19H,3,11H2,1-2H3,(H,30,31)(H,25,26,27,28). The molecular formula is C22H23ClN6O2. The van der Waals surface area contributed by atoms with Gasteiger partial charge in [0.15, 0.2) is 0 Å². The zero-order valence-electron chi connectivity index (χ0n) is 17.2. The van der Waals surface area contributed by atoms with E-state index in [2.05, 4.69) is 45.5 Å². The average molecular weight is 439 g/mol. The monoisotopic (exact) mass is 438 g/mol. The van der Waals surface area contributed by atoms with Gasteiger partial charge in [0.2, 0.25) is 5.82 Å². The van der Waals surface area contributed by atoms with Crippen LogP contribution in [0.1, 0.15) is 48.8 Å². The van der Waals surface area contributed by atoms with Crippen LogP contribution in [0.5, 0.6) is 0 Å². The van der Waals surface area contributed by atoms with Crippen molar-refractivity contribution in [2.45, 2.75) is 37.6 Å². The first kappa shape index (κ1) is 21.0. The molecule has 3 aromatic rings. The molecule has 0 radical (unpaired) electrons. The minimum absolute atomic E-state index is 0.135.